The van der Waals surface area contributed by atoms with Crippen LogP contribution in [-0.2, 0) is 13.6 Å². The molecule has 0 aliphatic rings. The molecule has 1 aromatic heterocycles. The van der Waals surface area contributed by atoms with Gasteiger partial charge in [0.15, 0.2) is 5.75 Å². The molecule has 1 aromatic carbocycles. The second-order valence-electron chi connectivity index (χ2n) is 4.87. The highest BCUT2D eigenvalue weighted by Crippen LogP contribution is 2.28. The molecule has 1 amide bonds. The first-order chi connectivity index (χ1) is 10.8. The first kappa shape index (κ1) is 16.8. The fourth-order valence-corrected chi connectivity index (χ4v) is 2.32. The smallest absolute Gasteiger partial charge is 0.311 e. The number of carbonyl (C=O) groups excluding carboxylic acids is 1. The highest BCUT2D eigenvalue weighted by Gasteiger charge is 2.21. The molecule has 0 aliphatic carbocycles. The molecule has 8 nitrogen and oxygen atoms in total. The van der Waals surface area contributed by atoms with E-state index in [0.717, 1.165) is 0 Å². The van der Waals surface area contributed by atoms with E-state index in [1.165, 1.54) is 36.4 Å². The van der Waals surface area contributed by atoms with Gasteiger partial charge in [0, 0.05) is 25.7 Å². The van der Waals surface area contributed by atoms with E-state index in [1.807, 2.05) is 0 Å². The van der Waals surface area contributed by atoms with E-state index in [0.29, 0.717) is 10.7 Å². The minimum Gasteiger partial charge on any atom is -0.490 e. The van der Waals surface area contributed by atoms with Gasteiger partial charge in [0.2, 0.25) is 0 Å². The van der Waals surface area contributed by atoms with Crippen molar-refractivity contribution < 1.29 is 14.5 Å². The highest BCUT2D eigenvalue weighted by molar-refractivity contribution is 6.31. The number of halogens is 1. The molecular weight excluding hydrogens is 324 g/mol. The molecular formula is C14H15ClN4O4. The van der Waals surface area contributed by atoms with E-state index in [4.69, 9.17) is 16.3 Å². The van der Waals surface area contributed by atoms with Crippen molar-refractivity contribution in [2.24, 2.45) is 7.05 Å². The third-order valence-electron chi connectivity index (χ3n) is 3.37. The number of ether oxygens (including phenoxy) is 1. The Hall–Kier alpha value is -2.61. The normalized spacial score (nSPS) is 10.4. The van der Waals surface area contributed by atoms with Gasteiger partial charge in [-0.3, -0.25) is 19.6 Å². The lowest BCUT2D eigenvalue weighted by Gasteiger charge is -2.17. The number of nitrogens with zero attached hydrogens (tertiary/aromatic N) is 4. The summed E-state index contributed by atoms with van der Waals surface area (Å²) in [7, 11) is 4.64. The summed E-state index contributed by atoms with van der Waals surface area (Å²) >= 11 is 6.02. The lowest BCUT2D eigenvalue weighted by Crippen LogP contribution is -2.27. The van der Waals surface area contributed by atoms with Crippen molar-refractivity contribution in [1.29, 1.82) is 0 Å². The summed E-state index contributed by atoms with van der Waals surface area (Å²) in [6, 6.07) is 4.08. The first-order valence-electron chi connectivity index (χ1n) is 6.59. The molecule has 9 heteroatoms. The Morgan fingerprint density at radius 1 is 1.52 bits per heavy atom. The number of hydrogen-bond acceptors (Lipinski definition) is 5. The summed E-state index contributed by atoms with van der Waals surface area (Å²) < 4.78 is 6.49. The van der Waals surface area contributed by atoms with Crippen molar-refractivity contribution in [2.45, 2.75) is 6.54 Å². The molecule has 23 heavy (non-hydrogen) atoms. The lowest BCUT2D eigenvalue weighted by atomic mass is 10.1. The third kappa shape index (κ3) is 3.42. The molecule has 122 valence electrons. The summed E-state index contributed by atoms with van der Waals surface area (Å²) in [5.41, 5.74) is 0.606. The molecule has 0 saturated carbocycles. The Morgan fingerprint density at radius 3 is 2.74 bits per heavy atom. The Labute approximate surface area is 137 Å². The van der Waals surface area contributed by atoms with Crippen LogP contribution in [0.15, 0.2) is 24.4 Å². The number of rotatable bonds is 5. The van der Waals surface area contributed by atoms with E-state index < -0.39 is 4.92 Å². The van der Waals surface area contributed by atoms with Gasteiger partial charge in [-0.25, -0.2) is 0 Å². The van der Waals surface area contributed by atoms with Gasteiger partial charge in [0.1, 0.15) is 0 Å². The summed E-state index contributed by atoms with van der Waals surface area (Å²) in [6.07, 6.45) is 1.49. The second kappa shape index (κ2) is 6.66. The zero-order valence-corrected chi connectivity index (χ0v) is 13.6. The lowest BCUT2D eigenvalue weighted by molar-refractivity contribution is -0.385. The van der Waals surface area contributed by atoms with Crippen molar-refractivity contribution in [1.82, 2.24) is 14.7 Å². The number of carbonyl (C=O) groups is 1. The van der Waals surface area contributed by atoms with Gasteiger partial charge < -0.3 is 9.64 Å². The molecule has 0 N–H and O–H groups in total. The predicted molar refractivity (Wildman–Crippen MR) is 83.7 cm³/mol. The summed E-state index contributed by atoms with van der Waals surface area (Å²) in [6.45, 7) is 0.230. The second-order valence-corrected chi connectivity index (χ2v) is 5.27. The van der Waals surface area contributed by atoms with Crippen molar-refractivity contribution in [2.75, 3.05) is 14.2 Å². The average Bonchev–Trinajstić information content (AvgIpc) is 2.85. The van der Waals surface area contributed by atoms with Crippen LogP contribution in [0.5, 0.6) is 5.75 Å². The number of aromatic nitrogens is 2. The van der Waals surface area contributed by atoms with Crippen molar-refractivity contribution >= 4 is 23.2 Å². The monoisotopic (exact) mass is 338 g/mol. The number of aryl methyl sites for hydroxylation is 1. The van der Waals surface area contributed by atoms with Crippen LogP contribution < -0.4 is 4.74 Å². The summed E-state index contributed by atoms with van der Waals surface area (Å²) in [5.74, 6) is -0.267. The Bertz CT molecular complexity index is 740. The van der Waals surface area contributed by atoms with E-state index in [2.05, 4.69) is 5.10 Å². The number of benzene rings is 1. The van der Waals surface area contributed by atoms with Crippen LogP contribution in [0, 0.1) is 10.1 Å². The van der Waals surface area contributed by atoms with Crippen LogP contribution in [0.25, 0.3) is 0 Å². The number of nitro groups is 1. The zero-order valence-electron chi connectivity index (χ0n) is 12.8. The van der Waals surface area contributed by atoms with Crippen LogP contribution in [0.2, 0.25) is 5.02 Å². The number of nitro benzene ring substituents is 1. The highest BCUT2D eigenvalue weighted by atomic mass is 35.5. The van der Waals surface area contributed by atoms with Gasteiger partial charge in [-0.2, -0.15) is 5.10 Å². The molecule has 0 spiro atoms. The molecule has 0 unspecified atom stereocenters. The molecule has 0 aliphatic heterocycles. The SMILES string of the molecule is COc1ccc(C(=O)N(C)Cc2c(Cl)cnn2C)cc1[N+](=O)[O-]. The van der Waals surface area contributed by atoms with Crippen LogP contribution in [0.4, 0.5) is 5.69 Å². The minimum absolute atomic E-state index is 0.101. The van der Waals surface area contributed by atoms with E-state index >= 15 is 0 Å². The van der Waals surface area contributed by atoms with E-state index in [-0.39, 0.29) is 29.5 Å². The molecule has 0 radical (unpaired) electrons. The molecule has 0 saturated heterocycles. The standard InChI is InChI=1S/C14H15ClN4O4/c1-17(8-12-10(15)7-16-18(12)2)14(20)9-4-5-13(23-3)11(6-9)19(21)22/h4-7H,8H2,1-3H3. The van der Waals surface area contributed by atoms with Gasteiger partial charge >= 0.3 is 5.69 Å². The number of hydrogen-bond donors (Lipinski definition) is 0. The molecule has 1 heterocycles. The van der Waals surface area contributed by atoms with Crippen LogP contribution in [-0.4, -0.2) is 39.7 Å². The van der Waals surface area contributed by atoms with Crippen LogP contribution in [0.1, 0.15) is 16.1 Å². The average molecular weight is 339 g/mol. The maximum Gasteiger partial charge on any atom is 0.311 e. The molecule has 0 bridgehead atoms. The Balaban J connectivity index is 2.26. The predicted octanol–water partition coefficient (Wildman–Crippen LogP) is 2.26. The fourth-order valence-electron chi connectivity index (χ4n) is 2.10. The van der Waals surface area contributed by atoms with Gasteiger partial charge in [0.05, 0.1) is 35.5 Å². The number of methoxy groups -OCH3 is 1. The first-order valence-corrected chi connectivity index (χ1v) is 6.97. The Kier molecular flexibility index (Phi) is 4.85. The molecule has 2 aromatic rings. The van der Waals surface area contributed by atoms with Crippen molar-refractivity contribution in [3.05, 3.63) is 50.8 Å². The van der Waals surface area contributed by atoms with Gasteiger partial charge in [-0.1, -0.05) is 11.6 Å². The maximum atomic E-state index is 12.5. The van der Waals surface area contributed by atoms with Gasteiger partial charge in [-0.05, 0) is 12.1 Å². The van der Waals surface area contributed by atoms with Gasteiger partial charge in [0.25, 0.3) is 5.91 Å². The number of amides is 1. The Morgan fingerprint density at radius 2 is 2.22 bits per heavy atom. The minimum atomic E-state index is -0.590. The topological polar surface area (TPSA) is 90.5 Å². The quantitative estimate of drug-likeness (QED) is 0.616. The fraction of sp³-hybridized carbons (Fsp3) is 0.286. The van der Waals surface area contributed by atoms with Crippen LogP contribution >= 0.6 is 11.6 Å². The molecule has 0 atom stereocenters. The van der Waals surface area contributed by atoms with Crippen LogP contribution in [0.3, 0.4) is 0 Å². The maximum absolute atomic E-state index is 12.5. The van der Waals surface area contributed by atoms with E-state index in [1.54, 1.807) is 18.8 Å². The molecule has 0 fully saturated rings. The molecule has 2 rings (SSSR count). The summed E-state index contributed by atoms with van der Waals surface area (Å²) in [4.78, 5) is 24.3. The largest absolute Gasteiger partial charge is 0.490 e. The zero-order chi connectivity index (χ0) is 17.1. The van der Waals surface area contributed by atoms with Crippen molar-refractivity contribution in [3.8, 4) is 5.75 Å². The van der Waals surface area contributed by atoms with Gasteiger partial charge in [-0.15, -0.1) is 0 Å². The summed E-state index contributed by atoms with van der Waals surface area (Å²) in [5, 5.41) is 15.5. The third-order valence-corrected chi connectivity index (χ3v) is 3.68. The van der Waals surface area contributed by atoms with E-state index in [9.17, 15) is 14.9 Å². The van der Waals surface area contributed by atoms with Crippen molar-refractivity contribution in [3.63, 3.8) is 0 Å².